The summed E-state index contributed by atoms with van der Waals surface area (Å²) < 4.78 is 1.44. The molecule has 2 N–H and O–H groups in total. The summed E-state index contributed by atoms with van der Waals surface area (Å²) in [6, 6.07) is 1.90. The lowest BCUT2D eigenvalue weighted by Crippen LogP contribution is -2.10. The zero-order valence-corrected chi connectivity index (χ0v) is 10.7. The summed E-state index contributed by atoms with van der Waals surface area (Å²) in [5.74, 6) is 0.675. The third kappa shape index (κ3) is 3.43. The average molecular weight is 252 g/mol. The molecule has 0 amide bonds. The van der Waals surface area contributed by atoms with Crippen LogP contribution in [0.4, 0.5) is 0 Å². The Bertz CT molecular complexity index is 296. The summed E-state index contributed by atoms with van der Waals surface area (Å²) in [6.45, 7) is 4.38. The maximum absolute atomic E-state index is 6.02. The molecule has 0 spiro atoms. The van der Waals surface area contributed by atoms with E-state index in [1.54, 1.807) is 0 Å². The second-order valence-electron chi connectivity index (χ2n) is 3.86. The van der Waals surface area contributed by atoms with Crippen LogP contribution in [0.25, 0.3) is 0 Å². The quantitative estimate of drug-likeness (QED) is 0.839. The highest BCUT2D eigenvalue weighted by Gasteiger charge is 2.13. The molecule has 1 nitrogen and oxygen atoms in total. The predicted octanol–water partition coefficient (Wildman–Crippen LogP) is 4.49. The second kappa shape index (κ2) is 5.36. The Labute approximate surface area is 99.2 Å². The van der Waals surface area contributed by atoms with Crippen molar-refractivity contribution < 1.29 is 0 Å². The Hall–Kier alpha value is 0.240. The van der Waals surface area contributed by atoms with Gasteiger partial charge in [-0.05, 0) is 30.4 Å². The van der Waals surface area contributed by atoms with Crippen molar-refractivity contribution in [1.82, 2.24) is 0 Å². The van der Waals surface area contributed by atoms with Gasteiger partial charge in [0.2, 0.25) is 0 Å². The van der Waals surface area contributed by atoms with Crippen LogP contribution in [0.3, 0.4) is 0 Å². The lowest BCUT2D eigenvalue weighted by molar-refractivity contribution is 0.508. The van der Waals surface area contributed by atoms with Crippen molar-refractivity contribution in [2.75, 3.05) is 0 Å². The van der Waals surface area contributed by atoms with E-state index in [1.807, 2.05) is 6.07 Å². The molecule has 1 rings (SSSR count). The summed E-state index contributed by atoms with van der Waals surface area (Å²) in [7, 11) is 0. The van der Waals surface area contributed by atoms with Gasteiger partial charge in [-0.1, -0.05) is 37.0 Å². The average Bonchev–Trinajstić information content (AvgIpc) is 2.41. The first-order valence-electron chi connectivity index (χ1n) is 4.71. The standard InChI is InChI=1S/C10H15Cl2NS/c1-6(2)3-4-8(13)7-5-9(11)14-10(7)12/h5-6,8H,3-4,13H2,1-2H3. The predicted molar refractivity (Wildman–Crippen MR) is 65.3 cm³/mol. The molecule has 1 aromatic rings. The highest BCUT2D eigenvalue weighted by atomic mass is 35.5. The van der Waals surface area contributed by atoms with Gasteiger partial charge < -0.3 is 5.73 Å². The van der Waals surface area contributed by atoms with E-state index in [1.165, 1.54) is 11.3 Å². The molecule has 0 aliphatic heterocycles. The van der Waals surface area contributed by atoms with Crippen LogP contribution in [0.2, 0.25) is 8.67 Å². The van der Waals surface area contributed by atoms with Crippen LogP contribution >= 0.6 is 34.5 Å². The first kappa shape index (κ1) is 12.3. The van der Waals surface area contributed by atoms with Crippen molar-refractivity contribution in [2.45, 2.75) is 32.7 Å². The molecule has 0 bridgehead atoms. The summed E-state index contributed by atoms with van der Waals surface area (Å²) >= 11 is 13.2. The van der Waals surface area contributed by atoms with Crippen molar-refractivity contribution in [3.05, 3.63) is 20.3 Å². The molecule has 14 heavy (non-hydrogen) atoms. The fourth-order valence-electron chi connectivity index (χ4n) is 1.27. The lowest BCUT2D eigenvalue weighted by atomic mass is 10.0. The molecular weight excluding hydrogens is 237 g/mol. The molecule has 0 aromatic carbocycles. The fraction of sp³-hybridized carbons (Fsp3) is 0.600. The normalized spacial score (nSPS) is 13.6. The van der Waals surface area contributed by atoms with Gasteiger partial charge in [-0.15, -0.1) is 11.3 Å². The molecule has 1 atom stereocenters. The van der Waals surface area contributed by atoms with Crippen molar-refractivity contribution in [1.29, 1.82) is 0 Å². The van der Waals surface area contributed by atoms with Gasteiger partial charge in [0.15, 0.2) is 0 Å². The van der Waals surface area contributed by atoms with Crippen LogP contribution in [-0.4, -0.2) is 0 Å². The topological polar surface area (TPSA) is 26.0 Å². The van der Waals surface area contributed by atoms with Crippen LogP contribution in [0.1, 0.15) is 38.3 Å². The van der Waals surface area contributed by atoms with E-state index in [4.69, 9.17) is 28.9 Å². The molecule has 4 heteroatoms. The van der Waals surface area contributed by atoms with Crippen molar-refractivity contribution in [3.63, 3.8) is 0 Å². The number of rotatable bonds is 4. The molecule has 1 unspecified atom stereocenters. The number of nitrogens with two attached hydrogens (primary N) is 1. The third-order valence-corrected chi connectivity index (χ3v) is 3.66. The summed E-state index contributed by atoms with van der Waals surface area (Å²) in [5.41, 5.74) is 7.01. The van der Waals surface area contributed by atoms with Crippen molar-refractivity contribution >= 4 is 34.5 Å². The first-order valence-corrected chi connectivity index (χ1v) is 6.28. The second-order valence-corrected chi connectivity index (χ2v) is 6.14. The highest BCUT2D eigenvalue weighted by Crippen LogP contribution is 2.35. The minimum Gasteiger partial charge on any atom is -0.324 e. The van der Waals surface area contributed by atoms with Gasteiger partial charge in [-0.25, -0.2) is 0 Å². The molecule has 0 fully saturated rings. The molecule has 80 valence electrons. The van der Waals surface area contributed by atoms with Gasteiger partial charge >= 0.3 is 0 Å². The Morgan fingerprint density at radius 2 is 2.00 bits per heavy atom. The molecule has 0 aliphatic carbocycles. The van der Waals surface area contributed by atoms with Gasteiger partial charge in [0.05, 0.1) is 8.67 Å². The van der Waals surface area contributed by atoms with E-state index in [0.29, 0.717) is 10.3 Å². The van der Waals surface area contributed by atoms with Crippen LogP contribution in [-0.2, 0) is 0 Å². The summed E-state index contributed by atoms with van der Waals surface area (Å²) in [5, 5.41) is 0. The Balaban J connectivity index is 2.60. The van der Waals surface area contributed by atoms with Gasteiger partial charge in [-0.3, -0.25) is 0 Å². The lowest BCUT2D eigenvalue weighted by Gasteiger charge is -2.11. The molecule has 0 saturated carbocycles. The number of thiophene rings is 1. The molecule has 0 radical (unpaired) electrons. The van der Waals surface area contributed by atoms with Gasteiger partial charge in [0.25, 0.3) is 0 Å². The van der Waals surface area contributed by atoms with Gasteiger partial charge in [0.1, 0.15) is 0 Å². The number of hydrogen-bond acceptors (Lipinski definition) is 2. The minimum absolute atomic E-state index is 0.0219. The van der Waals surface area contributed by atoms with Gasteiger partial charge in [0, 0.05) is 6.04 Å². The highest BCUT2D eigenvalue weighted by molar-refractivity contribution is 7.20. The molecule has 1 aromatic heterocycles. The van der Waals surface area contributed by atoms with Crippen molar-refractivity contribution in [2.24, 2.45) is 11.7 Å². The van der Waals surface area contributed by atoms with E-state index < -0.39 is 0 Å². The van der Waals surface area contributed by atoms with E-state index in [9.17, 15) is 0 Å². The molecule has 1 heterocycles. The number of hydrogen-bond donors (Lipinski definition) is 1. The van der Waals surface area contributed by atoms with Crippen LogP contribution in [0.5, 0.6) is 0 Å². The van der Waals surface area contributed by atoms with Crippen molar-refractivity contribution in [3.8, 4) is 0 Å². The Kier molecular flexibility index (Phi) is 4.71. The van der Waals surface area contributed by atoms with E-state index in [-0.39, 0.29) is 6.04 Å². The SMILES string of the molecule is CC(C)CCC(N)c1cc(Cl)sc1Cl. The van der Waals surface area contributed by atoms with Gasteiger partial charge in [-0.2, -0.15) is 0 Å². The smallest absolute Gasteiger partial charge is 0.0991 e. The maximum Gasteiger partial charge on any atom is 0.0991 e. The first-order chi connectivity index (χ1) is 6.50. The molecule has 0 saturated heterocycles. The van der Waals surface area contributed by atoms with E-state index >= 15 is 0 Å². The minimum atomic E-state index is 0.0219. The maximum atomic E-state index is 6.02. The van der Waals surface area contributed by atoms with Crippen LogP contribution in [0, 0.1) is 5.92 Å². The largest absolute Gasteiger partial charge is 0.324 e. The zero-order valence-electron chi connectivity index (χ0n) is 8.39. The fourth-order valence-corrected chi connectivity index (χ4v) is 2.87. The molecular formula is C10H15Cl2NS. The molecule has 0 aliphatic rings. The Morgan fingerprint density at radius 3 is 2.43 bits per heavy atom. The third-order valence-electron chi connectivity index (χ3n) is 2.14. The van der Waals surface area contributed by atoms with E-state index in [2.05, 4.69) is 13.8 Å². The van der Waals surface area contributed by atoms with E-state index in [0.717, 1.165) is 22.7 Å². The summed E-state index contributed by atoms with van der Waals surface area (Å²) in [4.78, 5) is 0. The summed E-state index contributed by atoms with van der Waals surface area (Å²) in [6.07, 6.45) is 2.08. The number of halogens is 2. The monoisotopic (exact) mass is 251 g/mol. The Morgan fingerprint density at radius 1 is 1.36 bits per heavy atom. The van der Waals surface area contributed by atoms with Crippen LogP contribution < -0.4 is 5.73 Å². The zero-order chi connectivity index (χ0) is 10.7. The van der Waals surface area contributed by atoms with Crippen LogP contribution in [0.15, 0.2) is 6.07 Å².